The topological polar surface area (TPSA) is 38.5 Å². The average molecular weight is 220 g/mol. The van der Waals surface area contributed by atoms with E-state index in [9.17, 15) is 0 Å². The van der Waals surface area contributed by atoms with Crippen molar-refractivity contribution in [3.63, 3.8) is 0 Å². The van der Waals surface area contributed by atoms with E-state index in [0.717, 1.165) is 19.4 Å². The van der Waals surface area contributed by atoms with Crippen LogP contribution in [-0.4, -0.2) is 32.3 Å². The number of rotatable bonds is 4. The van der Waals surface area contributed by atoms with E-state index < -0.39 is 0 Å². The van der Waals surface area contributed by atoms with Gasteiger partial charge in [0, 0.05) is 25.9 Å². The second-order valence-corrected chi connectivity index (χ2v) is 4.30. The molecule has 0 radical (unpaired) electrons. The second-order valence-electron chi connectivity index (χ2n) is 4.30. The van der Waals surface area contributed by atoms with Crippen molar-refractivity contribution in [1.29, 1.82) is 0 Å². The molecule has 0 saturated carbocycles. The highest BCUT2D eigenvalue weighted by atomic mass is 16.5. The maximum atomic E-state index is 5.87. The zero-order chi connectivity index (χ0) is 11.4. The Kier molecular flexibility index (Phi) is 3.80. The fraction of sp³-hybridized carbons (Fsp3) is 0.538. The first-order valence-corrected chi connectivity index (χ1v) is 5.92. The van der Waals surface area contributed by atoms with Crippen LogP contribution in [0.1, 0.15) is 12.8 Å². The first-order chi connectivity index (χ1) is 7.83. The monoisotopic (exact) mass is 220 g/mol. The number of ether oxygens (including phenoxy) is 1. The lowest BCUT2D eigenvalue weighted by atomic mass is 10.1. The van der Waals surface area contributed by atoms with Gasteiger partial charge >= 0.3 is 0 Å². The Bertz CT molecular complexity index is 309. The van der Waals surface area contributed by atoms with Crippen LogP contribution in [0.3, 0.4) is 0 Å². The molecule has 0 aliphatic carbocycles. The number of para-hydroxylation sites is 1. The van der Waals surface area contributed by atoms with Gasteiger partial charge in [-0.1, -0.05) is 18.2 Å². The second kappa shape index (κ2) is 5.32. The lowest BCUT2D eigenvalue weighted by molar-refractivity contribution is 0.0907. The van der Waals surface area contributed by atoms with Crippen molar-refractivity contribution >= 4 is 5.69 Å². The molecule has 2 unspecified atom stereocenters. The van der Waals surface area contributed by atoms with E-state index in [1.807, 2.05) is 6.07 Å². The molecule has 0 aromatic heterocycles. The van der Waals surface area contributed by atoms with Crippen molar-refractivity contribution in [3.8, 4) is 0 Å². The summed E-state index contributed by atoms with van der Waals surface area (Å²) in [5.74, 6) is 0. The van der Waals surface area contributed by atoms with Crippen molar-refractivity contribution in [2.24, 2.45) is 5.73 Å². The number of likely N-dealkylation sites (N-methyl/N-ethyl adjacent to an activating group) is 1. The standard InChI is InChI=1S/C13H20N2O/c1-15(11-6-3-2-4-7-11)12(10-14)13-8-5-9-16-13/h2-4,6-7,12-13H,5,8-10,14H2,1H3. The van der Waals surface area contributed by atoms with Gasteiger partial charge in [0.1, 0.15) is 0 Å². The fourth-order valence-corrected chi connectivity index (χ4v) is 2.32. The van der Waals surface area contributed by atoms with Gasteiger partial charge in [-0.05, 0) is 25.0 Å². The minimum Gasteiger partial charge on any atom is -0.376 e. The smallest absolute Gasteiger partial charge is 0.0791 e. The summed E-state index contributed by atoms with van der Waals surface area (Å²) in [7, 11) is 2.09. The predicted molar refractivity (Wildman–Crippen MR) is 66.7 cm³/mol. The van der Waals surface area contributed by atoms with Gasteiger partial charge in [0.05, 0.1) is 12.1 Å². The van der Waals surface area contributed by atoms with Crippen LogP contribution < -0.4 is 10.6 Å². The Balaban J connectivity index is 2.08. The molecule has 2 rings (SSSR count). The van der Waals surface area contributed by atoms with Crippen LogP contribution in [0.2, 0.25) is 0 Å². The minimum absolute atomic E-state index is 0.282. The third kappa shape index (κ3) is 2.36. The van der Waals surface area contributed by atoms with Gasteiger partial charge in [-0.15, -0.1) is 0 Å². The van der Waals surface area contributed by atoms with E-state index >= 15 is 0 Å². The number of anilines is 1. The van der Waals surface area contributed by atoms with Crippen LogP contribution in [0.15, 0.2) is 30.3 Å². The molecule has 3 heteroatoms. The summed E-state index contributed by atoms with van der Waals surface area (Å²) in [4.78, 5) is 2.23. The van der Waals surface area contributed by atoms with Crippen molar-refractivity contribution in [3.05, 3.63) is 30.3 Å². The Labute approximate surface area is 97.2 Å². The Morgan fingerprint density at radius 1 is 1.44 bits per heavy atom. The molecule has 88 valence electrons. The quantitative estimate of drug-likeness (QED) is 0.838. The van der Waals surface area contributed by atoms with E-state index in [2.05, 4.69) is 36.2 Å². The predicted octanol–water partition coefficient (Wildman–Crippen LogP) is 1.63. The summed E-state index contributed by atoms with van der Waals surface area (Å²) >= 11 is 0. The molecular weight excluding hydrogens is 200 g/mol. The highest BCUT2D eigenvalue weighted by Crippen LogP contribution is 2.22. The summed E-state index contributed by atoms with van der Waals surface area (Å²) in [5.41, 5.74) is 7.07. The van der Waals surface area contributed by atoms with Gasteiger partial charge in [-0.3, -0.25) is 0 Å². The van der Waals surface area contributed by atoms with Gasteiger partial charge in [-0.25, -0.2) is 0 Å². The van der Waals surface area contributed by atoms with Crippen LogP contribution in [0, 0.1) is 0 Å². The van der Waals surface area contributed by atoms with E-state index in [-0.39, 0.29) is 12.1 Å². The summed E-state index contributed by atoms with van der Waals surface area (Å²) in [6.07, 6.45) is 2.57. The zero-order valence-electron chi connectivity index (χ0n) is 9.80. The summed E-state index contributed by atoms with van der Waals surface area (Å²) < 4.78 is 5.73. The van der Waals surface area contributed by atoms with Crippen molar-refractivity contribution in [2.75, 3.05) is 25.1 Å². The van der Waals surface area contributed by atoms with Gasteiger partial charge in [0.2, 0.25) is 0 Å². The summed E-state index contributed by atoms with van der Waals surface area (Å²) in [5, 5.41) is 0. The maximum absolute atomic E-state index is 5.87. The van der Waals surface area contributed by atoms with E-state index in [1.54, 1.807) is 0 Å². The summed E-state index contributed by atoms with van der Waals surface area (Å²) in [6.45, 7) is 1.51. The lowest BCUT2D eigenvalue weighted by Crippen LogP contribution is -2.46. The van der Waals surface area contributed by atoms with Gasteiger partial charge in [0.15, 0.2) is 0 Å². The highest BCUT2D eigenvalue weighted by molar-refractivity contribution is 5.46. The molecule has 1 fully saturated rings. The largest absolute Gasteiger partial charge is 0.376 e. The van der Waals surface area contributed by atoms with Gasteiger partial charge < -0.3 is 15.4 Å². The Morgan fingerprint density at radius 2 is 2.19 bits per heavy atom. The normalized spacial score (nSPS) is 22.0. The fourth-order valence-electron chi connectivity index (χ4n) is 2.32. The molecule has 1 aromatic rings. The van der Waals surface area contributed by atoms with Gasteiger partial charge in [0.25, 0.3) is 0 Å². The van der Waals surface area contributed by atoms with Crippen LogP contribution in [-0.2, 0) is 4.74 Å². The molecule has 0 bridgehead atoms. The number of hydrogen-bond acceptors (Lipinski definition) is 3. The van der Waals surface area contributed by atoms with Crippen LogP contribution in [0.5, 0.6) is 0 Å². The number of hydrogen-bond donors (Lipinski definition) is 1. The van der Waals surface area contributed by atoms with E-state index in [1.165, 1.54) is 5.69 Å². The molecule has 1 aromatic carbocycles. The van der Waals surface area contributed by atoms with E-state index in [0.29, 0.717) is 6.54 Å². The summed E-state index contributed by atoms with van der Waals surface area (Å²) in [6, 6.07) is 10.6. The Morgan fingerprint density at radius 3 is 2.75 bits per heavy atom. The third-order valence-corrected chi connectivity index (χ3v) is 3.30. The van der Waals surface area contributed by atoms with Crippen molar-refractivity contribution in [2.45, 2.75) is 25.0 Å². The highest BCUT2D eigenvalue weighted by Gasteiger charge is 2.28. The molecule has 16 heavy (non-hydrogen) atoms. The maximum Gasteiger partial charge on any atom is 0.0791 e. The van der Waals surface area contributed by atoms with Crippen LogP contribution in [0.4, 0.5) is 5.69 Å². The number of nitrogens with two attached hydrogens (primary N) is 1. The SMILES string of the molecule is CN(c1ccccc1)C(CN)C1CCCO1. The lowest BCUT2D eigenvalue weighted by Gasteiger charge is -2.32. The molecule has 1 aliphatic heterocycles. The third-order valence-electron chi connectivity index (χ3n) is 3.30. The van der Waals surface area contributed by atoms with Crippen LogP contribution in [0.25, 0.3) is 0 Å². The molecule has 2 atom stereocenters. The molecular formula is C13H20N2O. The zero-order valence-corrected chi connectivity index (χ0v) is 9.80. The Hall–Kier alpha value is -1.06. The molecule has 1 aliphatic rings. The molecule has 0 amide bonds. The van der Waals surface area contributed by atoms with Crippen LogP contribution >= 0.6 is 0 Å². The van der Waals surface area contributed by atoms with Crippen molar-refractivity contribution in [1.82, 2.24) is 0 Å². The minimum atomic E-state index is 0.282. The molecule has 0 spiro atoms. The van der Waals surface area contributed by atoms with E-state index in [4.69, 9.17) is 10.5 Å². The van der Waals surface area contributed by atoms with Gasteiger partial charge in [-0.2, -0.15) is 0 Å². The van der Waals surface area contributed by atoms with Crippen molar-refractivity contribution < 1.29 is 4.74 Å². The molecule has 1 saturated heterocycles. The number of nitrogens with zero attached hydrogens (tertiary/aromatic N) is 1. The average Bonchev–Trinajstić information content (AvgIpc) is 2.85. The number of benzene rings is 1. The molecule has 3 nitrogen and oxygen atoms in total. The first-order valence-electron chi connectivity index (χ1n) is 5.92. The molecule has 2 N–H and O–H groups in total. The molecule has 1 heterocycles. The first kappa shape index (κ1) is 11.4.